The lowest BCUT2D eigenvalue weighted by Crippen LogP contribution is -2.43. The molecular formula is C16H24N2O2S. The molecule has 0 aromatic heterocycles. The van der Waals surface area contributed by atoms with Crippen LogP contribution in [-0.4, -0.2) is 25.4 Å². The first-order chi connectivity index (χ1) is 10.1. The number of nitrogens with one attached hydrogen (secondary N) is 2. The second-order valence-corrected chi connectivity index (χ2v) is 5.94. The molecule has 0 radical (unpaired) electrons. The summed E-state index contributed by atoms with van der Waals surface area (Å²) in [6.07, 6.45) is 5.04. The van der Waals surface area contributed by atoms with Gasteiger partial charge in [-0.25, -0.2) is 0 Å². The summed E-state index contributed by atoms with van der Waals surface area (Å²) in [5.41, 5.74) is 0.817. The normalized spacial score (nSPS) is 21.5. The maximum Gasteiger partial charge on any atom is 0.171 e. The Balaban J connectivity index is 2.01. The van der Waals surface area contributed by atoms with E-state index < -0.39 is 0 Å². The van der Waals surface area contributed by atoms with Crippen LogP contribution in [0.3, 0.4) is 0 Å². The molecular weight excluding hydrogens is 284 g/mol. The molecule has 0 unspecified atom stereocenters. The zero-order chi connectivity index (χ0) is 15.2. The molecule has 2 atom stereocenters. The van der Waals surface area contributed by atoms with Crippen molar-refractivity contribution < 1.29 is 9.47 Å². The SMILES string of the molecule is COc1ccc(OC)c(NC(=S)N[C@H]2CCCC[C@@H]2C)c1. The number of hydrogen-bond donors (Lipinski definition) is 2. The summed E-state index contributed by atoms with van der Waals surface area (Å²) in [6.45, 7) is 2.28. The maximum atomic E-state index is 5.44. The zero-order valence-electron chi connectivity index (χ0n) is 12.9. The molecule has 1 aliphatic rings. The number of ether oxygens (including phenoxy) is 2. The van der Waals surface area contributed by atoms with Gasteiger partial charge in [0.05, 0.1) is 19.9 Å². The maximum absolute atomic E-state index is 5.44. The minimum atomic E-state index is 0.454. The van der Waals surface area contributed by atoms with Crippen molar-refractivity contribution in [2.75, 3.05) is 19.5 Å². The molecule has 0 amide bonds. The quantitative estimate of drug-likeness (QED) is 0.832. The Labute approximate surface area is 132 Å². The Hall–Kier alpha value is -1.49. The first-order valence-electron chi connectivity index (χ1n) is 7.43. The Kier molecular flexibility index (Phi) is 5.67. The summed E-state index contributed by atoms with van der Waals surface area (Å²) in [5, 5.41) is 7.29. The lowest BCUT2D eigenvalue weighted by molar-refractivity contribution is 0.309. The van der Waals surface area contributed by atoms with Gasteiger partial charge in [0, 0.05) is 12.1 Å². The number of anilines is 1. The van der Waals surface area contributed by atoms with E-state index in [2.05, 4.69) is 17.6 Å². The van der Waals surface area contributed by atoms with Crippen molar-refractivity contribution in [2.24, 2.45) is 5.92 Å². The molecule has 1 saturated carbocycles. The Bertz CT molecular complexity index is 493. The molecule has 2 N–H and O–H groups in total. The van der Waals surface area contributed by atoms with Crippen molar-refractivity contribution in [3.63, 3.8) is 0 Å². The van der Waals surface area contributed by atoms with Gasteiger partial charge < -0.3 is 20.1 Å². The average Bonchev–Trinajstić information content (AvgIpc) is 2.49. The molecule has 0 bridgehead atoms. The minimum Gasteiger partial charge on any atom is -0.497 e. The average molecular weight is 308 g/mol. The minimum absolute atomic E-state index is 0.454. The van der Waals surface area contributed by atoms with Crippen LogP contribution in [0.15, 0.2) is 18.2 Å². The second-order valence-electron chi connectivity index (χ2n) is 5.53. The van der Waals surface area contributed by atoms with E-state index in [1.165, 1.54) is 25.7 Å². The van der Waals surface area contributed by atoms with E-state index in [0.717, 1.165) is 17.2 Å². The molecule has 116 valence electrons. The first kappa shape index (κ1) is 15.9. The Morgan fingerprint density at radius 2 is 1.95 bits per heavy atom. The second kappa shape index (κ2) is 7.50. The molecule has 0 heterocycles. The number of rotatable bonds is 4. The molecule has 21 heavy (non-hydrogen) atoms. The molecule has 0 saturated heterocycles. The number of hydrogen-bond acceptors (Lipinski definition) is 3. The van der Waals surface area contributed by atoms with Crippen molar-refractivity contribution in [2.45, 2.75) is 38.6 Å². The van der Waals surface area contributed by atoms with Crippen LogP contribution in [0.25, 0.3) is 0 Å². The summed E-state index contributed by atoms with van der Waals surface area (Å²) in [5.74, 6) is 2.18. The van der Waals surface area contributed by atoms with E-state index in [-0.39, 0.29) is 0 Å². The van der Waals surface area contributed by atoms with Crippen molar-refractivity contribution in [1.82, 2.24) is 5.32 Å². The van der Waals surface area contributed by atoms with E-state index in [1.807, 2.05) is 18.2 Å². The molecule has 1 aromatic carbocycles. The van der Waals surface area contributed by atoms with Crippen LogP contribution < -0.4 is 20.1 Å². The third-order valence-corrected chi connectivity index (χ3v) is 4.30. The van der Waals surface area contributed by atoms with Crippen molar-refractivity contribution in [3.8, 4) is 11.5 Å². The fourth-order valence-electron chi connectivity index (χ4n) is 2.77. The zero-order valence-corrected chi connectivity index (χ0v) is 13.8. The highest BCUT2D eigenvalue weighted by Gasteiger charge is 2.21. The molecule has 0 spiro atoms. The van der Waals surface area contributed by atoms with Gasteiger partial charge in [0.15, 0.2) is 5.11 Å². The summed E-state index contributed by atoms with van der Waals surface area (Å²) < 4.78 is 10.6. The molecule has 4 nitrogen and oxygen atoms in total. The van der Waals surface area contributed by atoms with Gasteiger partial charge >= 0.3 is 0 Å². The van der Waals surface area contributed by atoms with E-state index >= 15 is 0 Å². The fourth-order valence-corrected chi connectivity index (χ4v) is 3.03. The predicted octanol–water partition coefficient (Wildman–Crippen LogP) is 3.57. The predicted molar refractivity (Wildman–Crippen MR) is 90.3 cm³/mol. The van der Waals surface area contributed by atoms with Crippen molar-refractivity contribution >= 4 is 23.0 Å². The van der Waals surface area contributed by atoms with Crippen LogP contribution in [0.5, 0.6) is 11.5 Å². The van der Waals surface area contributed by atoms with Gasteiger partial charge in [0.25, 0.3) is 0 Å². The third kappa shape index (κ3) is 4.24. The standard InChI is InChI=1S/C16H24N2O2S/c1-11-6-4-5-7-13(11)17-16(21)18-14-10-12(19-2)8-9-15(14)20-3/h8-11,13H,4-7H2,1-3H3,(H2,17,18,21)/t11-,13-/m0/s1. The molecule has 5 heteroatoms. The van der Waals surface area contributed by atoms with Gasteiger partial charge in [0.2, 0.25) is 0 Å². The third-order valence-electron chi connectivity index (χ3n) is 4.08. The highest BCUT2D eigenvalue weighted by molar-refractivity contribution is 7.80. The van der Waals surface area contributed by atoms with Gasteiger partial charge in [-0.3, -0.25) is 0 Å². The summed E-state index contributed by atoms with van der Waals surface area (Å²) in [4.78, 5) is 0. The van der Waals surface area contributed by atoms with Crippen LogP contribution in [0, 0.1) is 5.92 Å². The number of thiocarbonyl (C=S) groups is 1. The Morgan fingerprint density at radius 3 is 2.62 bits per heavy atom. The smallest absolute Gasteiger partial charge is 0.171 e. The molecule has 1 aliphatic carbocycles. The fraction of sp³-hybridized carbons (Fsp3) is 0.562. The Morgan fingerprint density at radius 1 is 1.19 bits per heavy atom. The van der Waals surface area contributed by atoms with Crippen LogP contribution in [-0.2, 0) is 0 Å². The summed E-state index contributed by atoms with van der Waals surface area (Å²) >= 11 is 5.44. The highest BCUT2D eigenvalue weighted by Crippen LogP contribution is 2.29. The van der Waals surface area contributed by atoms with E-state index in [9.17, 15) is 0 Å². The van der Waals surface area contributed by atoms with Gasteiger partial charge in [-0.2, -0.15) is 0 Å². The van der Waals surface area contributed by atoms with Crippen LogP contribution in [0.1, 0.15) is 32.6 Å². The van der Waals surface area contributed by atoms with Gasteiger partial charge in [-0.1, -0.05) is 19.8 Å². The molecule has 2 rings (SSSR count). The summed E-state index contributed by atoms with van der Waals surface area (Å²) in [6, 6.07) is 6.07. The monoisotopic (exact) mass is 308 g/mol. The highest BCUT2D eigenvalue weighted by atomic mass is 32.1. The topological polar surface area (TPSA) is 42.5 Å². The number of methoxy groups -OCH3 is 2. The van der Waals surface area contributed by atoms with E-state index in [1.54, 1.807) is 14.2 Å². The van der Waals surface area contributed by atoms with Gasteiger partial charge in [-0.05, 0) is 43.1 Å². The van der Waals surface area contributed by atoms with Gasteiger partial charge in [-0.15, -0.1) is 0 Å². The molecule has 0 aliphatic heterocycles. The van der Waals surface area contributed by atoms with Crippen molar-refractivity contribution in [1.29, 1.82) is 0 Å². The lowest BCUT2D eigenvalue weighted by Gasteiger charge is -2.30. The van der Waals surface area contributed by atoms with Crippen LogP contribution >= 0.6 is 12.2 Å². The molecule has 1 fully saturated rings. The van der Waals surface area contributed by atoms with E-state index in [0.29, 0.717) is 17.1 Å². The lowest BCUT2D eigenvalue weighted by atomic mass is 9.86. The first-order valence-corrected chi connectivity index (χ1v) is 7.84. The molecule has 1 aromatic rings. The summed E-state index contributed by atoms with van der Waals surface area (Å²) in [7, 11) is 3.29. The van der Waals surface area contributed by atoms with E-state index in [4.69, 9.17) is 21.7 Å². The van der Waals surface area contributed by atoms with Crippen LogP contribution in [0.2, 0.25) is 0 Å². The number of benzene rings is 1. The van der Waals surface area contributed by atoms with Gasteiger partial charge in [0.1, 0.15) is 11.5 Å². The van der Waals surface area contributed by atoms with Crippen molar-refractivity contribution in [3.05, 3.63) is 18.2 Å². The largest absolute Gasteiger partial charge is 0.497 e. The van der Waals surface area contributed by atoms with Crippen LogP contribution in [0.4, 0.5) is 5.69 Å².